The highest BCUT2D eigenvalue weighted by molar-refractivity contribution is 6.08. The predicted molar refractivity (Wildman–Crippen MR) is 74.5 cm³/mol. The third kappa shape index (κ3) is 2.40. The Labute approximate surface area is 115 Å². The summed E-state index contributed by atoms with van der Waals surface area (Å²) in [5.74, 6) is -0.188. The Morgan fingerprint density at radius 3 is 2.85 bits per heavy atom. The number of ether oxygens (including phenoxy) is 1. The molecule has 3 aromatic rings. The van der Waals surface area contributed by atoms with Gasteiger partial charge in [-0.3, -0.25) is 4.79 Å². The lowest BCUT2D eigenvalue weighted by molar-refractivity contribution is 0.0923. The Kier molecular flexibility index (Phi) is 3.21. The van der Waals surface area contributed by atoms with E-state index in [1.165, 1.54) is 12.1 Å². The fraction of sp³-hybridized carbons (Fsp3) is 0.0625. The van der Waals surface area contributed by atoms with E-state index in [-0.39, 0.29) is 18.2 Å². The first-order valence-corrected chi connectivity index (χ1v) is 6.22. The Morgan fingerprint density at radius 2 is 2.00 bits per heavy atom. The largest absolute Gasteiger partial charge is 0.485 e. The summed E-state index contributed by atoms with van der Waals surface area (Å²) in [4.78, 5) is 15.2. The number of hydrogen-bond acceptors (Lipinski definition) is 2. The van der Waals surface area contributed by atoms with Crippen molar-refractivity contribution in [3.63, 3.8) is 0 Å². The number of Topliss-reactive ketones (excluding diaryl/α,β-unsaturated/α-hetero) is 1. The van der Waals surface area contributed by atoms with Crippen LogP contribution in [-0.2, 0) is 0 Å². The van der Waals surface area contributed by atoms with Crippen LogP contribution in [0.25, 0.3) is 10.9 Å². The maximum atomic E-state index is 13.0. The molecule has 1 heterocycles. The van der Waals surface area contributed by atoms with Crippen molar-refractivity contribution >= 4 is 16.7 Å². The van der Waals surface area contributed by atoms with E-state index >= 15 is 0 Å². The highest BCUT2D eigenvalue weighted by atomic mass is 19.1. The molecule has 0 aliphatic heterocycles. The quantitative estimate of drug-likeness (QED) is 0.736. The van der Waals surface area contributed by atoms with Crippen molar-refractivity contribution in [1.82, 2.24) is 4.98 Å². The summed E-state index contributed by atoms with van der Waals surface area (Å²) in [5.41, 5.74) is 1.48. The SMILES string of the molecule is O=C(COc1cccc(F)c1)c1c[nH]c2ccccc12. The zero-order valence-corrected chi connectivity index (χ0v) is 10.6. The molecule has 0 saturated heterocycles. The Balaban J connectivity index is 1.76. The van der Waals surface area contributed by atoms with Crippen LogP contribution in [0.5, 0.6) is 5.75 Å². The van der Waals surface area contributed by atoms with Crippen molar-refractivity contribution in [2.24, 2.45) is 0 Å². The minimum Gasteiger partial charge on any atom is -0.485 e. The number of para-hydroxylation sites is 1. The number of carbonyl (C=O) groups excluding carboxylic acids is 1. The van der Waals surface area contributed by atoms with E-state index in [2.05, 4.69) is 4.98 Å². The lowest BCUT2D eigenvalue weighted by atomic mass is 10.1. The maximum absolute atomic E-state index is 13.0. The minimum atomic E-state index is -0.387. The van der Waals surface area contributed by atoms with Crippen LogP contribution in [0.2, 0.25) is 0 Å². The molecule has 3 rings (SSSR count). The highest BCUT2D eigenvalue weighted by Gasteiger charge is 2.12. The van der Waals surface area contributed by atoms with Crippen molar-refractivity contribution in [2.75, 3.05) is 6.61 Å². The van der Waals surface area contributed by atoms with Crippen molar-refractivity contribution < 1.29 is 13.9 Å². The number of halogens is 1. The van der Waals surface area contributed by atoms with E-state index < -0.39 is 0 Å². The monoisotopic (exact) mass is 269 g/mol. The molecule has 4 heteroatoms. The number of ketones is 1. The zero-order valence-electron chi connectivity index (χ0n) is 10.6. The van der Waals surface area contributed by atoms with Gasteiger partial charge < -0.3 is 9.72 Å². The third-order valence-electron chi connectivity index (χ3n) is 3.06. The van der Waals surface area contributed by atoms with E-state index in [0.717, 1.165) is 10.9 Å². The molecule has 100 valence electrons. The maximum Gasteiger partial charge on any atom is 0.202 e. The summed E-state index contributed by atoms with van der Waals surface area (Å²) < 4.78 is 18.3. The number of aromatic nitrogens is 1. The number of fused-ring (bicyclic) bond motifs is 1. The molecular formula is C16H12FNO2. The van der Waals surface area contributed by atoms with Crippen LogP contribution in [0.3, 0.4) is 0 Å². The summed E-state index contributed by atoms with van der Waals surface area (Å²) in [6.07, 6.45) is 1.67. The number of carbonyl (C=O) groups is 1. The number of rotatable bonds is 4. The van der Waals surface area contributed by atoms with Gasteiger partial charge in [0.2, 0.25) is 5.78 Å². The van der Waals surface area contributed by atoms with Gasteiger partial charge in [-0.2, -0.15) is 0 Å². The predicted octanol–water partition coefficient (Wildman–Crippen LogP) is 3.57. The van der Waals surface area contributed by atoms with Gasteiger partial charge in [-0.25, -0.2) is 4.39 Å². The second-order valence-corrected chi connectivity index (χ2v) is 4.42. The van der Waals surface area contributed by atoms with Gasteiger partial charge in [-0.15, -0.1) is 0 Å². The number of H-pyrrole nitrogens is 1. The van der Waals surface area contributed by atoms with Crippen molar-refractivity contribution in [2.45, 2.75) is 0 Å². The van der Waals surface area contributed by atoms with E-state index in [4.69, 9.17) is 4.74 Å². The number of nitrogens with one attached hydrogen (secondary N) is 1. The van der Waals surface area contributed by atoms with Crippen LogP contribution in [0.1, 0.15) is 10.4 Å². The molecule has 0 aliphatic carbocycles. The molecule has 1 aromatic heterocycles. The van der Waals surface area contributed by atoms with E-state index in [1.54, 1.807) is 18.3 Å². The van der Waals surface area contributed by atoms with Crippen molar-refractivity contribution in [3.8, 4) is 5.75 Å². The van der Waals surface area contributed by atoms with Crippen LogP contribution in [-0.4, -0.2) is 17.4 Å². The normalized spacial score (nSPS) is 10.7. The lowest BCUT2D eigenvalue weighted by Gasteiger charge is -2.04. The van der Waals surface area contributed by atoms with Gasteiger partial charge in [0.1, 0.15) is 11.6 Å². The average molecular weight is 269 g/mol. The molecule has 3 nitrogen and oxygen atoms in total. The van der Waals surface area contributed by atoms with Crippen LogP contribution in [0.15, 0.2) is 54.7 Å². The van der Waals surface area contributed by atoms with E-state index in [0.29, 0.717) is 11.3 Å². The topological polar surface area (TPSA) is 42.1 Å². The lowest BCUT2D eigenvalue weighted by Crippen LogP contribution is -2.11. The first kappa shape index (κ1) is 12.4. The third-order valence-corrected chi connectivity index (χ3v) is 3.06. The molecule has 0 radical (unpaired) electrons. The Bertz CT molecular complexity index is 764. The summed E-state index contributed by atoms with van der Waals surface area (Å²) in [7, 11) is 0. The number of benzene rings is 2. The molecule has 0 atom stereocenters. The average Bonchev–Trinajstić information content (AvgIpc) is 2.89. The van der Waals surface area contributed by atoms with Gasteiger partial charge in [0.05, 0.1) is 0 Å². The van der Waals surface area contributed by atoms with E-state index in [9.17, 15) is 9.18 Å². The molecule has 0 spiro atoms. The van der Waals surface area contributed by atoms with Crippen LogP contribution < -0.4 is 4.74 Å². The molecule has 0 bridgehead atoms. The minimum absolute atomic E-state index is 0.120. The summed E-state index contributed by atoms with van der Waals surface area (Å²) in [6, 6.07) is 13.3. The van der Waals surface area contributed by atoms with Gasteiger partial charge in [0.15, 0.2) is 6.61 Å². The summed E-state index contributed by atoms with van der Waals surface area (Å²) in [5, 5.41) is 0.861. The molecule has 20 heavy (non-hydrogen) atoms. The first-order valence-electron chi connectivity index (χ1n) is 6.22. The molecular weight excluding hydrogens is 257 g/mol. The van der Waals surface area contributed by atoms with Gasteiger partial charge in [0, 0.05) is 28.7 Å². The fourth-order valence-corrected chi connectivity index (χ4v) is 2.09. The molecule has 0 saturated carbocycles. The fourth-order valence-electron chi connectivity index (χ4n) is 2.09. The van der Waals surface area contributed by atoms with Crippen LogP contribution >= 0.6 is 0 Å². The van der Waals surface area contributed by atoms with Crippen LogP contribution in [0.4, 0.5) is 4.39 Å². The van der Waals surface area contributed by atoms with Gasteiger partial charge in [-0.1, -0.05) is 24.3 Å². The molecule has 0 amide bonds. The second kappa shape index (κ2) is 5.17. The van der Waals surface area contributed by atoms with Gasteiger partial charge in [0.25, 0.3) is 0 Å². The molecule has 0 fully saturated rings. The Morgan fingerprint density at radius 1 is 1.15 bits per heavy atom. The molecule has 2 aromatic carbocycles. The number of aromatic amines is 1. The summed E-state index contributed by atoms with van der Waals surface area (Å²) in [6.45, 7) is -0.120. The standard InChI is InChI=1S/C16H12FNO2/c17-11-4-3-5-12(8-11)20-10-16(19)14-9-18-15-7-2-1-6-13(14)15/h1-9,18H,10H2. The Hall–Kier alpha value is -2.62. The zero-order chi connectivity index (χ0) is 13.9. The smallest absolute Gasteiger partial charge is 0.202 e. The molecule has 1 N–H and O–H groups in total. The van der Waals surface area contributed by atoms with Gasteiger partial charge >= 0.3 is 0 Å². The highest BCUT2D eigenvalue weighted by Crippen LogP contribution is 2.19. The molecule has 0 aliphatic rings. The summed E-state index contributed by atoms with van der Waals surface area (Å²) >= 11 is 0. The van der Waals surface area contributed by atoms with Crippen LogP contribution in [0, 0.1) is 5.82 Å². The number of hydrogen-bond donors (Lipinski definition) is 1. The molecule has 0 unspecified atom stereocenters. The van der Waals surface area contributed by atoms with E-state index in [1.807, 2.05) is 24.3 Å². The van der Waals surface area contributed by atoms with Crippen molar-refractivity contribution in [1.29, 1.82) is 0 Å². The van der Waals surface area contributed by atoms with Crippen molar-refractivity contribution in [3.05, 3.63) is 66.1 Å². The first-order chi connectivity index (χ1) is 9.74. The second-order valence-electron chi connectivity index (χ2n) is 4.42. The van der Waals surface area contributed by atoms with Gasteiger partial charge in [-0.05, 0) is 18.2 Å².